The van der Waals surface area contributed by atoms with Gasteiger partial charge in [-0.3, -0.25) is 0 Å². The van der Waals surface area contributed by atoms with Gasteiger partial charge in [-0.2, -0.15) is 0 Å². The van der Waals surface area contributed by atoms with Gasteiger partial charge in [0, 0.05) is 19.7 Å². The highest BCUT2D eigenvalue weighted by Gasteiger charge is 2.15. The fourth-order valence-electron chi connectivity index (χ4n) is 2.76. The molecule has 3 rings (SSSR count). The van der Waals surface area contributed by atoms with Crippen LogP contribution in [0.3, 0.4) is 0 Å². The van der Waals surface area contributed by atoms with E-state index in [1.165, 1.54) is 18.4 Å². The van der Waals surface area contributed by atoms with Crippen molar-refractivity contribution in [2.24, 2.45) is 0 Å². The van der Waals surface area contributed by atoms with Gasteiger partial charge >= 0.3 is 0 Å². The number of rotatable bonds is 5. The molecular weight excluding hydrogens is 238 g/mol. The van der Waals surface area contributed by atoms with Crippen LogP contribution in [0.5, 0.6) is 0 Å². The third-order valence-corrected chi connectivity index (χ3v) is 3.73. The first-order chi connectivity index (χ1) is 9.38. The number of fused-ring (bicyclic) bond motifs is 1. The van der Waals surface area contributed by atoms with Gasteiger partial charge in [-0.15, -0.1) is 0 Å². The summed E-state index contributed by atoms with van der Waals surface area (Å²) in [5.41, 5.74) is 2.30. The monoisotopic (exact) mass is 259 g/mol. The molecule has 2 heterocycles. The van der Waals surface area contributed by atoms with E-state index in [-0.39, 0.29) is 0 Å². The lowest BCUT2D eigenvalue weighted by atomic mass is 10.2. The van der Waals surface area contributed by atoms with Crippen molar-refractivity contribution in [3.8, 4) is 0 Å². The van der Waals surface area contributed by atoms with Crippen LogP contribution < -0.4 is 5.32 Å². The number of imidazole rings is 1. The van der Waals surface area contributed by atoms with Gasteiger partial charge in [0.05, 0.1) is 23.7 Å². The minimum atomic E-state index is 0.388. The maximum atomic E-state index is 5.62. The molecule has 1 aromatic carbocycles. The van der Waals surface area contributed by atoms with Gasteiger partial charge in [-0.25, -0.2) is 4.98 Å². The lowest BCUT2D eigenvalue weighted by Crippen LogP contribution is -2.27. The Balaban J connectivity index is 1.69. The standard InChI is InChI=1S/C15H21N3O/c1-2-18-14-8-4-3-7-13(14)17-15(18)11-16-10-12-6-5-9-19-12/h3-4,7-8,12,16H,2,5-6,9-11H2,1H3/t12-/m0/s1. The molecule has 1 fully saturated rings. The molecule has 1 saturated heterocycles. The second-order valence-corrected chi connectivity index (χ2v) is 5.03. The van der Waals surface area contributed by atoms with Gasteiger partial charge in [0.1, 0.15) is 5.82 Å². The molecule has 1 N–H and O–H groups in total. The third-order valence-electron chi connectivity index (χ3n) is 3.73. The van der Waals surface area contributed by atoms with Crippen LogP contribution >= 0.6 is 0 Å². The molecule has 4 nitrogen and oxygen atoms in total. The second-order valence-electron chi connectivity index (χ2n) is 5.03. The quantitative estimate of drug-likeness (QED) is 0.895. The normalized spacial score (nSPS) is 19.3. The summed E-state index contributed by atoms with van der Waals surface area (Å²) in [5.74, 6) is 1.11. The zero-order valence-electron chi connectivity index (χ0n) is 11.4. The van der Waals surface area contributed by atoms with Gasteiger partial charge in [0.15, 0.2) is 0 Å². The molecule has 2 aromatic rings. The Morgan fingerprint density at radius 1 is 1.42 bits per heavy atom. The van der Waals surface area contributed by atoms with E-state index in [9.17, 15) is 0 Å². The molecule has 4 heteroatoms. The number of hydrogen-bond donors (Lipinski definition) is 1. The Labute approximate surface area is 113 Å². The van der Waals surface area contributed by atoms with Crippen molar-refractivity contribution in [3.63, 3.8) is 0 Å². The number of ether oxygens (including phenoxy) is 1. The van der Waals surface area contributed by atoms with Crippen molar-refractivity contribution >= 4 is 11.0 Å². The first kappa shape index (κ1) is 12.6. The van der Waals surface area contributed by atoms with E-state index in [2.05, 4.69) is 35.0 Å². The summed E-state index contributed by atoms with van der Waals surface area (Å²) in [6.45, 7) is 5.77. The van der Waals surface area contributed by atoms with Crippen LogP contribution in [0.4, 0.5) is 0 Å². The zero-order chi connectivity index (χ0) is 13.1. The van der Waals surface area contributed by atoms with Gasteiger partial charge < -0.3 is 14.6 Å². The van der Waals surface area contributed by atoms with E-state index < -0.39 is 0 Å². The van der Waals surface area contributed by atoms with Crippen LogP contribution in [0.1, 0.15) is 25.6 Å². The number of para-hydroxylation sites is 2. The van der Waals surface area contributed by atoms with Crippen molar-refractivity contribution in [1.82, 2.24) is 14.9 Å². The molecule has 0 bridgehead atoms. The first-order valence-electron chi connectivity index (χ1n) is 7.15. The number of benzene rings is 1. The SMILES string of the molecule is CCn1c(CNC[C@@H]2CCCO2)nc2ccccc21. The Kier molecular flexibility index (Phi) is 3.80. The number of aryl methyl sites for hydroxylation is 1. The molecule has 1 atom stereocenters. The molecule has 0 spiro atoms. The van der Waals surface area contributed by atoms with Crippen LogP contribution in [-0.4, -0.2) is 28.8 Å². The van der Waals surface area contributed by atoms with E-state index in [4.69, 9.17) is 9.72 Å². The van der Waals surface area contributed by atoms with Crippen molar-refractivity contribution in [2.45, 2.75) is 39.0 Å². The largest absolute Gasteiger partial charge is 0.377 e. The maximum absolute atomic E-state index is 5.62. The van der Waals surface area contributed by atoms with Crippen LogP contribution in [0, 0.1) is 0 Å². The molecule has 19 heavy (non-hydrogen) atoms. The molecule has 0 amide bonds. The van der Waals surface area contributed by atoms with Crippen molar-refractivity contribution < 1.29 is 4.74 Å². The average molecular weight is 259 g/mol. The highest BCUT2D eigenvalue weighted by Crippen LogP contribution is 2.16. The van der Waals surface area contributed by atoms with Gasteiger partial charge in [-0.05, 0) is 31.9 Å². The first-order valence-corrected chi connectivity index (χ1v) is 7.15. The van der Waals surface area contributed by atoms with Crippen LogP contribution in [0.2, 0.25) is 0 Å². The Bertz CT molecular complexity index is 543. The maximum Gasteiger partial charge on any atom is 0.123 e. The highest BCUT2D eigenvalue weighted by atomic mass is 16.5. The summed E-state index contributed by atoms with van der Waals surface area (Å²) in [7, 11) is 0. The summed E-state index contributed by atoms with van der Waals surface area (Å²) in [5, 5.41) is 3.47. The van der Waals surface area contributed by atoms with E-state index in [0.717, 1.165) is 37.6 Å². The van der Waals surface area contributed by atoms with E-state index in [1.807, 2.05) is 6.07 Å². The number of aromatic nitrogens is 2. The molecule has 0 aliphatic carbocycles. The summed E-state index contributed by atoms with van der Waals surface area (Å²) < 4.78 is 7.89. The molecule has 1 aliphatic heterocycles. The molecule has 0 unspecified atom stereocenters. The molecule has 0 radical (unpaired) electrons. The molecule has 102 valence electrons. The fourth-order valence-corrected chi connectivity index (χ4v) is 2.76. The summed E-state index contributed by atoms with van der Waals surface area (Å²) in [4.78, 5) is 4.71. The predicted octanol–water partition coefficient (Wildman–Crippen LogP) is 2.32. The molecule has 1 aromatic heterocycles. The summed E-state index contributed by atoms with van der Waals surface area (Å²) in [6.07, 6.45) is 2.76. The van der Waals surface area contributed by atoms with Gasteiger partial charge in [-0.1, -0.05) is 12.1 Å². The van der Waals surface area contributed by atoms with E-state index in [0.29, 0.717) is 6.10 Å². The molecule has 0 saturated carbocycles. The summed E-state index contributed by atoms with van der Waals surface area (Å²) in [6, 6.07) is 8.32. The zero-order valence-corrected chi connectivity index (χ0v) is 11.4. The minimum absolute atomic E-state index is 0.388. The predicted molar refractivity (Wildman–Crippen MR) is 76.1 cm³/mol. The van der Waals surface area contributed by atoms with Crippen molar-refractivity contribution in [3.05, 3.63) is 30.1 Å². The fraction of sp³-hybridized carbons (Fsp3) is 0.533. The Hall–Kier alpha value is -1.39. The van der Waals surface area contributed by atoms with Crippen molar-refractivity contribution in [2.75, 3.05) is 13.2 Å². The van der Waals surface area contributed by atoms with Crippen LogP contribution in [0.25, 0.3) is 11.0 Å². The number of hydrogen-bond acceptors (Lipinski definition) is 3. The van der Waals surface area contributed by atoms with Gasteiger partial charge in [0.2, 0.25) is 0 Å². The van der Waals surface area contributed by atoms with Crippen LogP contribution in [-0.2, 0) is 17.8 Å². The smallest absolute Gasteiger partial charge is 0.123 e. The minimum Gasteiger partial charge on any atom is -0.377 e. The van der Waals surface area contributed by atoms with Crippen LogP contribution in [0.15, 0.2) is 24.3 Å². The topological polar surface area (TPSA) is 39.1 Å². The Morgan fingerprint density at radius 2 is 2.32 bits per heavy atom. The molecule has 1 aliphatic rings. The van der Waals surface area contributed by atoms with E-state index >= 15 is 0 Å². The molecular formula is C15H21N3O. The van der Waals surface area contributed by atoms with Gasteiger partial charge in [0.25, 0.3) is 0 Å². The summed E-state index contributed by atoms with van der Waals surface area (Å²) >= 11 is 0. The average Bonchev–Trinajstić information content (AvgIpc) is 3.05. The number of nitrogens with zero attached hydrogens (tertiary/aromatic N) is 2. The van der Waals surface area contributed by atoms with E-state index in [1.54, 1.807) is 0 Å². The lowest BCUT2D eigenvalue weighted by molar-refractivity contribution is 0.109. The second kappa shape index (κ2) is 5.72. The third kappa shape index (κ3) is 2.65. The van der Waals surface area contributed by atoms with Crippen molar-refractivity contribution in [1.29, 1.82) is 0 Å². The number of nitrogens with one attached hydrogen (secondary N) is 1. The Morgan fingerprint density at radius 3 is 3.11 bits per heavy atom. The highest BCUT2D eigenvalue weighted by molar-refractivity contribution is 5.75. The lowest BCUT2D eigenvalue weighted by Gasteiger charge is -2.11.